The molecule has 6 atom stereocenters. The highest BCUT2D eigenvalue weighted by Gasteiger charge is 2.65. The summed E-state index contributed by atoms with van der Waals surface area (Å²) >= 11 is 0. The van der Waals surface area contributed by atoms with Gasteiger partial charge in [0.25, 0.3) is 5.85 Å². The second-order valence-electron chi connectivity index (χ2n) is 8.86. The Labute approximate surface area is 211 Å². The molecule has 1 saturated heterocycles. The van der Waals surface area contributed by atoms with Crippen LogP contribution in [0, 0.1) is 0 Å². The molecule has 3 rings (SSSR count). The van der Waals surface area contributed by atoms with Crippen molar-refractivity contribution in [3.8, 4) is 5.75 Å². The highest BCUT2D eigenvalue weighted by molar-refractivity contribution is 7.52. The number of rotatable bonds is 10. The van der Waals surface area contributed by atoms with Crippen LogP contribution in [0.5, 0.6) is 5.75 Å². The average molecular weight is 546 g/mol. The number of nitrogens with zero attached hydrogens (tertiary/aromatic N) is 2. The van der Waals surface area contributed by atoms with Gasteiger partial charge >= 0.3 is 19.4 Å². The minimum atomic E-state index is -4.57. The normalized spacial score (nSPS) is 28.0. The number of nitrogen functional groups attached to an aromatic ring is 1. The molecule has 2 heterocycles. The first-order chi connectivity index (χ1) is 17.2. The van der Waals surface area contributed by atoms with Crippen LogP contribution in [-0.4, -0.2) is 57.0 Å². The van der Waals surface area contributed by atoms with Crippen LogP contribution in [0.4, 0.5) is 14.6 Å². The fourth-order valence-corrected chi connectivity index (χ4v) is 4.98. The molecule has 0 bridgehead atoms. The summed E-state index contributed by atoms with van der Waals surface area (Å²) in [5.41, 5.74) is 1.53. The molecule has 0 saturated carbocycles. The molecule has 1 aromatic heterocycles. The van der Waals surface area contributed by atoms with Crippen molar-refractivity contribution in [3.63, 3.8) is 0 Å². The molecule has 204 valence electrons. The zero-order valence-electron chi connectivity index (χ0n) is 20.5. The van der Waals surface area contributed by atoms with Crippen LogP contribution in [0.2, 0.25) is 0 Å². The number of carbonyl (C=O) groups is 1. The molecule has 15 heteroatoms. The monoisotopic (exact) mass is 546 g/mol. The number of aromatic nitrogens is 2. The maximum absolute atomic E-state index is 15.8. The number of aliphatic hydroxyl groups excluding tert-OH is 1. The Kier molecular flexibility index (Phi) is 8.40. The highest BCUT2D eigenvalue weighted by Crippen LogP contribution is 2.51. The van der Waals surface area contributed by atoms with E-state index in [9.17, 15) is 19.3 Å². The van der Waals surface area contributed by atoms with Gasteiger partial charge in [0.05, 0.1) is 6.10 Å². The lowest BCUT2D eigenvalue weighted by molar-refractivity contribution is -0.203. The molecule has 12 nitrogen and oxygen atoms in total. The minimum Gasteiger partial charge on any atom is -0.462 e. The maximum atomic E-state index is 15.8. The zero-order valence-corrected chi connectivity index (χ0v) is 21.4. The Hall–Kier alpha value is -2.90. The maximum Gasteiger partial charge on any atom is 0.459 e. The number of esters is 1. The summed E-state index contributed by atoms with van der Waals surface area (Å²) in [6.45, 7) is 4.04. The highest BCUT2D eigenvalue weighted by atomic mass is 31.2. The molecule has 0 radical (unpaired) electrons. The van der Waals surface area contributed by atoms with Crippen LogP contribution in [0.1, 0.15) is 33.9 Å². The summed E-state index contributed by atoms with van der Waals surface area (Å²) < 4.78 is 66.2. The molecule has 4 N–H and O–H groups in total. The summed E-state index contributed by atoms with van der Waals surface area (Å²) in [5, 5.41) is 12.8. The third-order valence-electron chi connectivity index (χ3n) is 5.29. The van der Waals surface area contributed by atoms with E-state index in [1.807, 2.05) is 0 Å². The van der Waals surface area contributed by atoms with E-state index >= 15 is 8.78 Å². The Morgan fingerprint density at radius 2 is 1.95 bits per heavy atom. The van der Waals surface area contributed by atoms with Crippen LogP contribution >= 0.6 is 7.75 Å². The Balaban J connectivity index is 1.85. The number of halogens is 2. The van der Waals surface area contributed by atoms with E-state index in [2.05, 4.69) is 10.1 Å². The first kappa shape index (κ1) is 28.7. The number of aliphatic hydroxyl groups is 1. The third-order valence-corrected chi connectivity index (χ3v) is 6.92. The quantitative estimate of drug-likeness (QED) is 0.296. The smallest absolute Gasteiger partial charge is 0.459 e. The van der Waals surface area contributed by atoms with Crippen molar-refractivity contribution in [3.05, 3.63) is 53.1 Å². The fourth-order valence-electron chi connectivity index (χ4n) is 3.48. The first-order valence-corrected chi connectivity index (χ1v) is 12.8. The largest absolute Gasteiger partial charge is 0.462 e. The number of hydrogen-bond donors (Lipinski definition) is 3. The van der Waals surface area contributed by atoms with Crippen LogP contribution in [0.3, 0.4) is 0 Å². The van der Waals surface area contributed by atoms with Crippen LogP contribution in [-0.2, 0) is 23.4 Å². The van der Waals surface area contributed by atoms with Crippen molar-refractivity contribution in [2.24, 2.45) is 0 Å². The molecule has 0 spiro atoms. The summed E-state index contributed by atoms with van der Waals surface area (Å²) in [7, 11) is -4.57. The summed E-state index contributed by atoms with van der Waals surface area (Å²) in [6.07, 6.45) is -3.92. The summed E-state index contributed by atoms with van der Waals surface area (Å²) in [4.78, 5) is 27.9. The van der Waals surface area contributed by atoms with Gasteiger partial charge in [-0.1, -0.05) is 18.2 Å². The number of ether oxygens (including phenoxy) is 2. The predicted octanol–water partition coefficient (Wildman–Crippen LogP) is 2.24. The second kappa shape index (κ2) is 10.8. The Bertz CT molecular complexity index is 1210. The van der Waals surface area contributed by atoms with Gasteiger partial charge in [-0.3, -0.25) is 13.9 Å². The Morgan fingerprint density at radius 3 is 2.54 bits per heavy atom. The van der Waals surface area contributed by atoms with E-state index in [1.54, 1.807) is 32.0 Å². The van der Waals surface area contributed by atoms with Crippen LogP contribution in [0.25, 0.3) is 0 Å². The van der Waals surface area contributed by atoms with Crippen LogP contribution < -0.4 is 21.0 Å². The second-order valence-corrected chi connectivity index (χ2v) is 10.6. The van der Waals surface area contributed by atoms with Crippen molar-refractivity contribution in [2.45, 2.75) is 63.7 Å². The number of carbonyl (C=O) groups excluding carboxylic acids is 1. The zero-order chi connectivity index (χ0) is 27.6. The molecule has 0 unspecified atom stereocenters. The van der Waals surface area contributed by atoms with Crippen molar-refractivity contribution in [1.82, 2.24) is 14.6 Å². The van der Waals surface area contributed by atoms with Gasteiger partial charge in [-0.25, -0.2) is 18.1 Å². The number of nitrogens with one attached hydrogen (secondary N) is 1. The number of anilines is 1. The molecule has 1 aliphatic rings. The number of benzene rings is 1. The van der Waals surface area contributed by atoms with Gasteiger partial charge < -0.3 is 24.8 Å². The standard InChI is InChI=1S/C22H29F2N4O8P/c1-13(2)34-17(29)14(3)27-37(32,36-15-8-6-5-7-9-15)33-12-22(24)18(30)21(4,23)19(35-22)28-11-10-16(25)26-20(28)31/h5-11,13-14,18-19,30H,12H2,1-4H3,(H,27,32)(H2,25,26,31)/t14-,18-,19+,21+,22+,37+/m0/s1. The van der Waals surface area contributed by atoms with Crippen molar-refractivity contribution < 1.29 is 41.8 Å². The van der Waals surface area contributed by atoms with Crippen LogP contribution in [0.15, 0.2) is 47.4 Å². The van der Waals surface area contributed by atoms with Crippen molar-refractivity contribution >= 4 is 19.5 Å². The molecule has 1 aliphatic heterocycles. The fraction of sp³-hybridized carbons (Fsp3) is 0.500. The van der Waals surface area contributed by atoms with Crippen molar-refractivity contribution in [2.75, 3.05) is 12.3 Å². The van der Waals surface area contributed by atoms with E-state index < -0.39 is 62.0 Å². The molecule has 2 aromatic rings. The minimum absolute atomic E-state index is 0.0382. The lowest BCUT2D eigenvalue weighted by atomic mass is 9.97. The van der Waals surface area contributed by atoms with E-state index in [1.165, 1.54) is 19.1 Å². The van der Waals surface area contributed by atoms with Gasteiger partial charge in [0.1, 0.15) is 24.2 Å². The molecular formula is C22H29F2N4O8P. The topological polar surface area (TPSA) is 164 Å². The SMILES string of the molecule is CC(C)OC(=O)[C@H](C)N[P@@](=O)(OC[C@@]1(F)O[C@@H](n2ccc(N)nc2=O)[C@](C)(F)[C@@H]1O)Oc1ccccc1. The molecule has 1 aromatic carbocycles. The molecule has 1 fully saturated rings. The average Bonchev–Trinajstić information content (AvgIpc) is 2.98. The van der Waals surface area contributed by atoms with E-state index in [0.29, 0.717) is 4.57 Å². The molecule has 0 amide bonds. The number of para-hydroxylation sites is 1. The molecule has 0 aliphatic carbocycles. The van der Waals surface area contributed by atoms with Crippen molar-refractivity contribution in [1.29, 1.82) is 0 Å². The number of alkyl halides is 2. The first-order valence-electron chi connectivity index (χ1n) is 11.2. The summed E-state index contributed by atoms with van der Waals surface area (Å²) in [6, 6.07) is 7.56. The van der Waals surface area contributed by atoms with Gasteiger partial charge in [-0.05, 0) is 45.9 Å². The number of hydrogen-bond acceptors (Lipinski definition) is 10. The van der Waals surface area contributed by atoms with E-state index in [4.69, 9.17) is 24.3 Å². The number of nitrogens with two attached hydrogens (primary N) is 1. The predicted molar refractivity (Wildman–Crippen MR) is 127 cm³/mol. The van der Waals surface area contributed by atoms with Gasteiger partial charge in [0, 0.05) is 6.20 Å². The van der Waals surface area contributed by atoms with Gasteiger partial charge in [-0.15, -0.1) is 0 Å². The molecule has 37 heavy (non-hydrogen) atoms. The van der Waals surface area contributed by atoms with E-state index in [0.717, 1.165) is 19.2 Å². The molecular weight excluding hydrogens is 517 g/mol. The van der Waals surface area contributed by atoms with Gasteiger partial charge in [-0.2, -0.15) is 10.1 Å². The summed E-state index contributed by atoms with van der Waals surface area (Å²) in [5.74, 6) is -4.22. The Morgan fingerprint density at radius 1 is 1.30 bits per heavy atom. The third kappa shape index (κ3) is 6.51. The lowest BCUT2D eigenvalue weighted by Crippen LogP contribution is -2.47. The van der Waals surface area contributed by atoms with Gasteiger partial charge in [0.2, 0.25) is 0 Å². The van der Waals surface area contributed by atoms with E-state index in [-0.39, 0.29) is 11.6 Å². The lowest BCUT2D eigenvalue weighted by Gasteiger charge is -2.28. The van der Waals surface area contributed by atoms with Gasteiger partial charge in [0.15, 0.2) is 18.0 Å².